The third-order valence-electron chi connectivity index (χ3n) is 4.12. The molecule has 0 bridgehead atoms. The molecule has 0 aliphatic heterocycles. The molecule has 3 aromatic rings. The molecule has 0 aliphatic rings. The molecule has 0 saturated heterocycles. The number of rotatable bonds is 9. The van der Waals surface area contributed by atoms with Crippen molar-refractivity contribution in [2.75, 3.05) is 12.3 Å². The molecule has 0 spiro atoms. The van der Waals surface area contributed by atoms with E-state index in [0.717, 1.165) is 16.9 Å². The summed E-state index contributed by atoms with van der Waals surface area (Å²) in [6, 6.07) is 14.6. The van der Waals surface area contributed by atoms with Crippen molar-refractivity contribution >= 4 is 17.7 Å². The van der Waals surface area contributed by atoms with E-state index in [1.165, 1.54) is 6.07 Å². The number of nitrogens with zero attached hydrogens (tertiary/aromatic N) is 2. The van der Waals surface area contributed by atoms with Crippen LogP contribution in [0.15, 0.2) is 52.9 Å². The quantitative estimate of drug-likeness (QED) is 0.547. The number of thioether (sulfide) groups is 1. The molecule has 28 heavy (non-hydrogen) atoms. The monoisotopic (exact) mass is 399 g/mol. The molecule has 5 nitrogen and oxygen atoms in total. The highest BCUT2D eigenvalue weighted by atomic mass is 32.2. The summed E-state index contributed by atoms with van der Waals surface area (Å²) in [6.07, 6.45) is 0.681. The van der Waals surface area contributed by atoms with E-state index < -0.39 is 0 Å². The fraction of sp³-hybridized carbons (Fsp3) is 0.286. The van der Waals surface area contributed by atoms with Crippen LogP contribution in [0.4, 0.5) is 4.39 Å². The third-order valence-corrected chi connectivity index (χ3v) is 5.12. The number of aromatic nitrogens is 2. The number of hydrogen-bond donors (Lipinski definition) is 1. The molecule has 3 rings (SSSR count). The first-order valence-electron chi connectivity index (χ1n) is 9.09. The second kappa shape index (κ2) is 10.0. The van der Waals surface area contributed by atoms with Crippen LogP contribution in [0.2, 0.25) is 0 Å². The van der Waals surface area contributed by atoms with Gasteiger partial charge in [0.25, 0.3) is 0 Å². The largest absolute Gasteiger partial charge is 0.421 e. The topological polar surface area (TPSA) is 68.0 Å². The van der Waals surface area contributed by atoms with Crippen molar-refractivity contribution < 1.29 is 13.6 Å². The molecule has 0 fully saturated rings. The molecule has 0 aliphatic carbocycles. The lowest BCUT2D eigenvalue weighted by atomic mass is 10.1. The minimum atomic E-state index is -0.191. The van der Waals surface area contributed by atoms with E-state index in [9.17, 15) is 9.18 Å². The highest BCUT2D eigenvalue weighted by Crippen LogP contribution is 2.18. The second-order valence-corrected chi connectivity index (χ2v) is 7.47. The summed E-state index contributed by atoms with van der Waals surface area (Å²) in [4.78, 5) is 11.9. The van der Waals surface area contributed by atoms with Gasteiger partial charge < -0.3 is 9.73 Å². The molecule has 0 saturated carbocycles. The van der Waals surface area contributed by atoms with Crippen LogP contribution in [0.3, 0.4) is 0 Å². The number of carbonyl (C=O) groups is 1. The van der Waals surface area contributed by atoms with Gasteiger partial charge in [-0.1, -0.05) is 35.9 Å². The Kier molecular flexibility index (Phi) is 7.19. The summed E-state index contributed by atoms with van der Waals surface area (Å²) in [5, 5.41) is 10.9. The van der Waals surface area contributed by atoms with E-state index in [-0.39, 0.29) is 18.1 Å². The third kappa shape index (κ3) is 5.92. The fourth-order valence-corrected chi connectivity index (χ4v) is 3.38. The van der Waals surface area contributed by atoms with Crippen LogP contribution in [-0.4, -0.2) is 28.4 Å². The molecular formula is C21H22FN3O2S. The van der Waals surface area contributed by atoms with Gasteiger partial charge in [0, 0.05) is 36.5 Å². The second-order valence-electron chi connectivity index (χ2n) is 6.36. The standard InChI is InChI=1S/C21H22FN3O2S/c1-15-6-8-16(9-7-15)21-25-24-20(27-21)11-10-19(26)23-12-13-28-14-17-4-2-3-5-18(17)22/h2-9H,10-14H2,1H3,(H,23,26). The Morgan fingerprint density at radius 1 is 1.14 bits per heavy atom. The van der Waals surface area contributed by atoms with Crippen LogP contribution >= 0.6 is 11.8 Å². The number of amides is 1. The number of benzene rings is 2. The van der Waals surface area contributed by atoms with Crippen molar-refractivity contribution in [1.29, 1.82) is 0 Å². The molecule has 1 N–H and O–H groups in total. The maximum Gasteiger partial charge on any atom is 0.247 e. The van der Waals surface area contributed by atoms with E-state index in [0.29, 0.717) is 36.1 Å². The highest BCUT2D eigenvalue weighted by Gasteiger charge is 2.10. The zero-order valence-corrected chi connectivity index (χ0v) is 16.5. The Labute approximate surface area is 167 Å². The number of aryl methyl sites for hydroxylation is 2. The van der Waals surface area contributed by atoms with Crippen LogP contribution < -0.4 is 5.32 Å². The van der Waals surface area contributed by atoms with Crippen molar-refractivity contribution in [1.82, 2.24) is 15.5 Å². The van der Waals surface area contributed by atoms with Crippen LogP contribution in [0.5, 0.6) is 0 Å². The Hall–Kier alpha value is -2.67. The van der Waals surface area contributed by atoms with Gasteiger partial charge >= 0.3 is 0 Å². The van der Waals surface area contributed by atoms with E-state index in [4.69, 9.17) is 4.42 Å². The van der Waals surface area contributed by atoms with Gasteiger partial charge in [0.2, 0.25) is 17.7 Å². The Balaban J connectivity index is 1.34. The molecule has 0 unspecified atom stereocenters. The van der Waals surface area contributed by atoms with E-state index in [2.05, 4.69) is 15.5 Å². The van der Waals surface area contributed by atoms with Gasteiger partial charge in [-0.3, -0.25) is 4.79 Å². The summed E-state index contributed by atoms with van der Waals surface area (Å²) in [6.45, 7) is 2.55. The summed E-state index contributed by atoms with van der Waals surface area (Å²) < 4.78 is 19.1. The Morgan fingerprint density at radius 3 is 2.71 bits per heavy atom. The van der Waals surface area contributed by atoms with Crippen molar-refractivity contribution in [3.8, 4) is 11.5 Å². The normalized spacial score (nSPS) is 10.8. The van der Waals surface area contributed by atoms with Gasteiger partial charge in [0.05, 0.1) is 0 Å². The Bertz CT molecular complexity index is 912. The SMILES string of the molecule is Cc1ccc(-c2nnc(CCC(=O)NCCSCc3ccccc3F)o2)cc1. The molecule has 1 aromatic heterocycles. The summed E-state index contributed by atoms with van der Waals surface area (Å²) in [5.74, 6) is 1.95. The predicted molar refractivity (Wildman–Crippen MR) is 108 cm³/mol. The molecule has 1 amide bonds. The van der Waals surface area contributed by atoms with Crippen molar-refractivity contribution in [2.45, 2.75) is 25.5 Å². The van der Waals surface area contributed by atoms with Gasteiger partial charge in [-0.2, -0.15) is 11.8 Å². The van der Waals surface area contributed by atoms with Crippen LogP contribution in [0.1, 0.15) is 23.4 Å². The number of carbonyl (C=O) groups excluding carboxylic acids is 1. The lowest BCUT2D eigenvalue weighted by Crippen LogP contribution is -2.26. The smallest absolute Gasteiger partial charge is 0.247 e. The average Bonchev–Trinajstić information content (AvgIpc) is 3.17. The predicted octanol–water partition coefficient (Wildman–Crippen LogP) is 4.17. The fourth-order valence-electron chi connectivity index (χ4n) is 2.54. The van der Waals surface area contributed by atoms with E-state index in [1.54, 1.807) is 23.9 Å². The minimum absolute atomic E-state index is 0.0680. The van der Waals surface area contributed by atoms with Gasteiger partial charge in [-0.25, -0.2) is 4.39 Å². The summed E-state index contributed by atoms with van der Waals surface area (Å²) in [7, 11) is 0. The first-order chi connectivity index (χ1) is 13.6. The molecule has 2 aromatic carbocycles. The van der Waals surface area contributed by atoms with E-state index in [1.807, 2.05) is 37.3 Å². The summed E-state index contributed by atoms with van der Waals surface area (Å²) >= 11 is 1.58. The molecule has 0 atom stereocenters. The Morgan fingerprint density at radius 2 is 1.93 bits per heavy atom. The van der Waals surface area contributed by atoms with Gasteiger partial charge in [-0.15, -0.1) is 10.2 Å². The first kappa shape index (κ1) is 20.1. The zero-order valence-electron chi connectivity index (χ0n) is 15.7. The van der Waals surface area contributed by atoms with Crippen LogP contribution in [-0.2, 0) is 17.0 Å². The number of nitrogens with one attached hydrogen (secondary N) is 1. The van der Waals surface area contributed by atoms with Gasteiger partial charge in [0.1, 0.15) is 5.82 Å². The lowest BCUT2D eigenvalue weighted by molar-refractivity contribution is -0.121. The van der Waals surface area contributed by atoms with Crippen LogP contribution in [0, 0.1) is 12.7 Å². The molecular weight excluding hydrogens is 377 g/mol. The van der Waals surface area contributed by atoms with Crippen molar-refractivity contribution in [2.24, 2.45) is 0 Å². The highest BCUT2D eigenvalue weighted by molar-refractivity contribution is 7.98. The minimum Gasteiger partial charge on any atom is -0.421 e. The summed E-state index contributed by atoms with van der Waals surface area (Å²) in [5.41, 5.74) is 2.70. The molecule has 0 radical (unpaired) electrons. The maximum absolute atomic E-state index is 13.5. The molecule has 1 heterocycles. The molecule has 7 heteroatoms. The van der Waals surface area contributed by atoms with Crippen molar-refractivity contribution in [3.63, 3.8) is 0 Å². The number of hydrogen-bond acceptors (Lipinski definition) is 5. The zero-order chi connectivity index (χ0) is 19.8. The lowest BCUT2D eigenvalue weighted by Gasteiger charge is -2.05. The van der Waals surface area contributed by atoms with Crippen molar-refractivity contribution in [3.05, 3.63) is 71.4 Å². The van der Waals surface area contributed by atoms with Gasteiger partial charge in [0.15, 0.2) is 0 Å². The molecule has 146 valence electrons. The van der Waals surface area contributed by atoms with Crippen LogP contribution in [0.25, 0.3) is 11.5 Å². The average molecular weight is 399 g/mol. The number of halogens is 1. The first-order valence-corrected chi connectivity index (χ1v) is 10.2. The maximum atomic E-state index is 13.5. The van der Waals surface area contributed by atoms with E-state index >= 15 is 0 Å². The van der Waals surface area contributed by atoms with Gasteiger partial charge in [-0.05, 0) is 30.7 Å².